The van der Waals surface area contributed by atoms with Crippen LogP contribution in [0, 0.1) is 0 Å². The van der Waals surface area contributed by atoms with Gasteiger partial charge in [-0.25, -0.2) is 4.79 Å². The molecule has 1 N–H and O–H groups in total. The van der Waals surface area contributed by atoms with Crippen molar-refractivity contribution in [1.29, 1.82) is 0 Å². The third-order valence-corrected chi connectivity index (χ3v) is 7.60. The van der Waals surface area contributed by atoms with Crippen LogP contribution in [0.15, 0.2) is 0 Å². The van der Waals surface area contributed by atoms with Gasteiger partial charge in [-0.1, -0.05) is 0 Å². The zero-order chi connectivity index (χ0) is 23.3. The van der Waals surface area contributed by atoms with E-state index in [1.807, 2.05) is 27.7 Å². The van der Waals surface area contributed by atoms with Crippen molar-refractivity contribution < 1.29 is 27.4 Å². The topological polar surface area (TPSA) is 64.6 Å². The number of alkyl carbamates (subject to hydrolysis) is 1. The van der Waals surface area contributed by atoms with Crippen LogP contribution in [0.5, 0.6) is 0 Å². The molecule has 0 aliphatic carbocycles. The Morgan fingerprint density at radius 2 is 1.83 bits per heavy atom. The lowest BCUT2D eigenvalue weighted by Crippen LogP contribution is -2.57. The lowest BCUT2D eigenvalue weighted by Gasteiger charge is -2.42. The highest BCUT2D eigenvalue weighted by atomic mass is 32.2. The average molecular weight is 450 g/mol. The van der Waals surface area contributed by atoms with Crippen molar-refractivity contribution in [3.63, 3.8) is 0 Å². The summed E-state index contributed by atoms with van der Waals surface area (Å²) < 4.78 is 24.6. The van der Waals surface area contributed by atoms with Crippen LogP contribution >= 0.6 is 0 Å². The molecular weight excluding hydrogens is 402 g/mol. The van der Waals surface area contributed by atoms with Crippen molar-refractivity contribution in [3.8, 4) is 0 Å². The Balaban J connectivity index is 0.000000304. The van der Waals surface area contributed by atoms with Gasteiger partial charge in [0, 0.05) is 18.9 Å². The van der Waals surface area contributed by atoms with Gasteiger partial charge in [0.15, 0.2) is 0 Å². The molecular formula is C22H47N3O4S+2. The molecule has 0 aromatic rings. The molecule has 30 heavy (non-hydrogen) atoms. The SMILES string of the molecule is CC(C)NC(=O)OC(C)C[N+](C)(C)C.CC1OC(C2CCC[N+]2(C)C(C)C)CS1=O. The van der Waals surface area contributed by atoms with Gasteiger partial charge in [0.2, 0.25) is 0 Å². The first kappa shape index (κ1) is 27.3. The smallest absolute Gasteiger partial charge is 0.407 e. The van der Waals surface area contributed by atoms with E-state index in [-0.39, 0.29) is 29.8 Å². The molecule has 6 unspecified atom stereocenters. The Bertz CT molecular complexity index is 579. The van der Waals surface area contributed by atoms with Crippen LogP contribution in [0.2, 0.25) is 0 Å². The van der Waals surface area contributed by atoms with Gasteiger partial charge in [-0.05, 0) is 41.5 Å². The summed E-state index contributed by atoms with van der Waals surface area (Å²) in [6.45, 7) is 14.3. The molecule has 2 aliphatic rings. The molecule has 7 nitrogen and oxygen atoms in total. The van der Waals surface area contributed by atoms with Crippen LogP contribution in [-0.4, -0.2) is 102 Å². The van der Waals surface area contributed by atoms with E-state index in [9.17, 15) is 9.00 Å². The molecule has 6 atom stereocenters. The number of likely N-dealkylation sites (N-methyl/N-ethyl adjacent to an activating group) is 2. The van der Waals surface area contributed by atoms with E-state index < -0.39 is 10.8 Å². The minimum absolute atomic E-state index is 0.0613. The number of nitrogens with one attached hydrogen (secondary N) is 1. The molecule has 1 amide bonds. The molecule has 2 aliphatic heterocycles. The summed E-state index contributed by atoms with van der Waals surface area (Å²) in [6.07, 6.45) is 2.32. The zero-order valence-corrected chi connectivity index (χ0v) is 21.8. The van der Waals surface area contributed by atoms with Gasteiger partial charge in [0.25, 0.3) is 0 Å². The number of nitrogens with zero attached hydrogens (tertiary/aromatic N) is 2. The molecule has 2 rings (SSSR count). The highest BCUT2D eigenvalue weighted by Gasteiger charge is 2.48. The van der Waals surface area contributed by atoms with Gasteiger partial charge in [0.05, 0.1) is 57.3 Å². The van der Waals surface area contributed by atoms with E-state index in [0.29, 0.717) is 12.1 Å². The van der Waals surface area contributed by atoms with Gasteiger partial charge in [-0.15, -0.1) is 0 Å². The summed E-state index contributed by atoms with van der Waals surface area (Å²) >= 11 is 0. The van der Waals surface area contributed by atoms with E-state index in [2.05, 4.69) is 47.4 Å². The third-order valence-electron chi connectivity index (χ3n) is 6.09. The second-order valence-electron chi connectivity index (χ2n) is 10.7. The number of carbonyl (C=O) groups excluding carboxylic acids is 1. The molecule has 2 heterocycles. The Labute approximate surface area is 187 Å². The van der Waals surface area contributed by atoms with Gasteiger partial charge in [-0.3, -0.25) is 4.21 Å². The lowest BCUT2D eigenvalue weighted by molar-refractivity contribution is -0.943. The van der Waals surface area contributed by atoms with Crippen LogP contribution in [0.1, 0.15) is 54.4 Å². The van der Waals surface area contributed by atoms with Crippen LogP contribution < -0.4 is 5.32 Å². The molecule has 0 aromatic heterocycles. The fourth-order valence-electron chi connectivity index (χ4n) is 4.42. The van der Waals surface area contributed by atoms with E-state index in [1.54, 1.807) is 0 Å². The normalized spacial score (nSPS) is 32.7. The van der Waals surface area contributed by atoms with Crippen LogP contribution in [0.4, 0.5) is 4.79 Å². The fraction of sp³-hybridized carbons (Fsp3) is 0.955. The molecule has 0 aromatic carbocycles. The Kier molecular flexibility index (Phi) is 10.2. The second-order valence-corrected chi connectivity index (χ2v) is 12.4. The third kappa shape index (κ3) is 8.44. The van der Waals surface area contributed by atoms with Crippen molar-refractivity contribution >= 4 is 16.9 Å². The number of quaternary nitrogens is 2. The van der Waals surface area contributed by atoms with Crippen molar-refractivity contribution in [2.75, 3.05) is 47.0 Å². The summed E-state index contributed by atoms with van der Waals surface area (Å²) in [5.41, 5.74) is -0.0637. The second kappa shape index (κ2) is 11.2. The van der Waals surface area contributed by atoms with Crippen molar-refractivity contribution in [3.05, 3.63) is 0 Å². The zero-order valence-electron chi connectivity index (χ0n) is 20.9. The highest BCUT2D eigenvalue weighted by Crippen LogP contribution is 2.34. The summed E-state index contributed by atoms with van der Waals surface area (Å²) in [4.78, 5) is 11.2. The number of ether oxygens (including phenoxy) is 2. The molecule has 8 heteroatoms. The number of hydrogen-bond donors (Lipinski definition) is 1. The predicted molar refractivity (Wildman–Crippen MR) is 124 cm³/mol. The molecule has 0 saturated carbocycles. The number of likely N-dealkylation sites (tertiary alicyclic amines) is 1. The van der Waals surface area contributed by atoms with Gasteiger partial charge in [-0.2, -0.15) is 0 Å². The van der Waals surface area contributed by atoms with Crippen LogP contribution in [0.25, 0.3) is 0 Å². The highest BCUT2D eigenvalue weighted by molar-refractivity contribution is 7.85. The molecule has 2 saturated heterocycles. The maximum Gasteiger partial charge on any atom is 0.407 e. The van der Waals surface area contributed by atoms with Gasteiger partial charge in [0.1, 0.15) is 30.2 Å². The minimum Gasteiger partial charge on any atom is -0.441 e. The summed E-state index contributed by atoms with van der Waals surface area (Å²) in [5, 5.41) is 2.69. The molecule has 178 valence electrons. The first-order valence-corrected chi connectivity index (χ1v) is 12.7. The van der Waals surface area contributed by atoms with E-state index in [4.69, 9.17) is 9.47 Å². The lowest BCUT2D eigenvalue weighted by atomic mass is 10.1. The minimum atomic E-state index is -0.772. The molecule has 0 radical (unpaired) electrons. The number of hydrogen-bond acceptors (Lipinski definition) is 4. The van der Waals surface area contributed by atoms with Crippen LogP contribution in [-0.2, 0) is 20.3 Å². The monoisotopic (exact) mass is 449 g/mol. The van der Waals surface area contributed by atoms with E-state index in [1.165, 1.54) is 19.4 Å². The first-order valence-electron chi connectivity index (χ1n) is 11.3. The Morgan fingerprint density at radius 1 is 1.23 bits per heavy atom. The van der Waals surface area contributed by atoms with Crippen molar-refractivity contribution in [2.24, 2.45) is 0 Å². The number of amides is 1. The Hall–Kier alpha value is -0.700. The largest absolute Gasteiger partial charge is 0.441 e. The Morgan fingerprint density at radius 3 is 2.27 bits per heavy atom. The van der Waals surface area contributed by atoms with Gasteiger partial charge >= 0.3 is 6.09 Å². The average Bonchev–Trinajstić information content (AvgIpc) is 3.09. The van der Waals surface area contributed by atoms with Gasteiger partial charge < -0.3 is 23.8 Å². The molecule has 2 fully saturated rings. The van der Waals surface area contributed by atoms with E-state index >= 15 is 0 Å². The fourth-order valence-corrected chi connectivity index (χ4v) is 5.58. The quantitative estimate of drug-likeness (QED) is 0.633. The number of carbonyl (C=O) groups is 1. The predicted octanol–water partition coefficient (Wildman–Crippen LogP) is 2.71. The summed E-state index contributed by atoms with van der Waals surface area (Å²) in [5.74, 6) is 0.742. The van der Waals surface area contributed by atoms with Crippen molar-refractivity contribution in [2.45, 2.75) is 90.2 Å². The summed E-state index contributed by atoms with van der Waals surface area (Å²) in [7, 11) is 7.77. The molecule has 0 bridgehead atoms. The van der Waals surface area contributed by atoms with Crippen molar-refractivity contribution in [1.82, 2.24) is 5.32 Å². The molecule has 0 spiro atoms. The van der Waals surface area contributed by atoms with Crippen LogP contribution in [0.3, 0.4) is 0 Å². The first-order chi connectivity index (χ1) is 13.7. The summed E-state index contributed by atoms with van der Waals surface area (Å²) in [6, 6.07) is 1.30. The number of rotatable bonds is 6. The maximum atomic E-state index is 11.7. The van der Waals surface area contributed by atoms with E-state index in [0.717, 1.165) is 21.3 Å². The maximum absolute atomic E-state index is 11.7. The standard InChI is InChI=1S/C12H24NO2S.C10H22N2O2/c1-9(2)13(4)7-5-6-11(13)12-8-16(14)10(3)15-12;1-8(2)11-10(13)14-9(3)7-12(4,5)6/h9-12H,5-8H2,1-4H3;8-9H,7H2,1-6H3/q+1;/p+1.